The summed E-state index contributed by atoms with van der Waals surface area (Å²) in [4.78, 5) is 9.12. The van der Waals surface area contributed by atoms with E-state index in [4.69, 9.17) is 0 Å². The molecule has 0 saturated carbocycles. The summed E-state index contributed by atoms with van der Waals surface area (Å²) in [5, 5.41) is 13.5. The van der Waals surface area contributed by atoms with Gasteiger partial charge in [0.05, 0.1) is 0 Å². The van der Waals surface area contributed by atoms with Gasteiger partial charge in [-0.1, -0.05) is 66.7 Å². The summed E-state index contributed by atoms with van der Waals surface area (Å²) in [5.74, 6) is 0. The van der Waals surface area contributed by atoms with Gasteiger partial charge < -0.3 is 19.6 Å². The molecule has 0 spiro atoms. The van der Waals surface area contributed by atoms with Crippen molar-refractivity contribution < 1.29 is 0 Å². The maximum Gasteiger partial charge on any atom is 0.0420 e. The molecule has 0 heterocycles. The second-order valence-corrected chi connectivity index (χ2v) is 23.7. The first-order chi connectivity index (χ1) is 31.4. The molecule has 4 nitrogen and oxygen atoms in total. The molecule has 0 aliphatic heterocycles. The molecule has 8 aromatic rings. The van der Waals surface area contributed by atoms with E-state index in [1.807, 2.05) is 0 Å². The molecule has 0 bridgehead atoms. The molecule has 66 heavy (non-hydrogen) atoms. The van der Waals surface area contributed by atoms with E-state index < -0.39 is 15.8 Å². The highest BCUT2D eigenvalue weighted by molar-refractivity contribution is 7.85. The van der Waals surface area contributed by atoms with Crippen molar-refractivity contribution in [1.29, 1.82) is 0 Å². The third-order valence-electron chi connectivity index (χ3n) is 13.3. The molecule has 0 radical (unpaired) electrons. The lowest BCUT2D eigenvalue weighted by Crippen LogP contribution is -2.37. The zero-order chi connectivity index (χ0) is 47.5. The third-order valence-corrected chi connectivity index (χ3v) is 18.3. The van der Waals surface area contributed by atoms with Gasteiger partial charge in [0, 0.05) is 84.4 Å². The molecule has 0 aromatic heterocycles. The van der Waals surface area contributed by atoms with E-state index in [1.165, 1.54) is 132 Å². The number of benzene rings is 8. The Balaban J connectivity index is 1.65. The average molecular weight is 907 g/mol. The van der Waals surface area contributed by atoms with Crippen LogP contribution in [-0.2, 0) is 0 Å². The second kappa shape index (κ2) is 18.6. The van der Waals surface area contributed by atoms with Gasteiger partial charge in [-0.3, -0.25) is 0 Å². The van der Waals surface area contributed by atoms with Crippen LogP contribution in [0.2, 0.25) is 0 Å². The SMILES string of the molecule is Cc1cc(P(c2cc(C)c(N(C)C)c(C)c2)c2cc3ccccc3c(-c3cccc4ccccc34)c2P(c2cc(C)c(N(C)C)c(C)c2)c2cc(C)c(N(C)C)c(C)c2)cc(C)c1N(C)C. The van der Waals surface area contributed by atoms with Gasteiger partial charge >= 0.3 is 0 Å². The first kappa shape index (κ1) is 46.9. The maximum atomic E-state index is 2.61. The molecule has 6 heteroatoms. The number of rotatable bonds is 11. The van der Waals surface area contributed by atoms with Crippen LogP contribution < -0.4 is 51.4 Å². The summed E-state index contributed by atoms with van der Waals surface area (Å²) >= 11 is 0. The first-order valence-corrected chi connectivity index (χ1v) is 25.8. The molecule has 0 unspecified atom stereocenters. The van der Waals surface area contributed by atoms with Crippen LogP contribution in [-0.4, -0.2) is 56.4 Å². The van der Waals surface area contributed by atoms with E-state index in [9.17, 15) is 0 Å². The van der Waals surface area contributed by atoms with Gasteiger partial charge in [0.25, 0.3) is 0 Å². The molecule has 8 aromatic carbocycles. The molecular formula is C60H68N4P2. The van der Waals surface area contributed by atoms with E-state index in [2.05, 4.69) is 253 Å². The molecule has 0 fully saturated rings. The lowest BCUT2D eigenvalue weighted by molar-refractivity contribution is 1.10. The smallest absolute Gasteiger partial charge is 0.0420 e. The molecule has 338 valence electrons. The van der Waals surface area contributed by atoms with Crippen LogP contribution in [0.15, 0.2) is 121 Å². The summed E-state index contributed by atoms with van der Waals surface area (Å²) < 4.78 is 0. The van der Waals surface area contributed by atoms with E-state index in [0.29, 0.717) is 0 Å². The van der Waals surface area contributed by atoms with E-state index in [-0.39, 0.29) is 0 Å². The summed E-state index contributed by atoms with van der Waals surface area (Å²) in [6.45, 7) is 18.4. The number of aryl methyl sites for hydroxylation is 8. The van der Waals surface area contributed by atoms with Crippen LogP contribution in [0, 0.1) is 55.4 Å². The molecular weight excluding hydrogens is 839 g/mol. The highest BCUT2D eigenvalue weighted by Gasteiger charge is 2.33. The standard InChI is InChI=1S/C60H68N4P2/c1-37-28-47(29-38(2)56(37)61(9)10)65(48-30-39(3)57(62(11)12)40(4)31-48)54-36-46-23-18-20-26-52(46)55(53-27-21-24-45-22-17-19-25-51(45)53)60(54)66(49-32-41(5)58(63(13)14)42(6)33-49)50-34-43(7)59(64(15)16)44(8)35-50/h17-36H,1-16H3. The summed E-state index contributed by atoms with van der Waals surface area (Å²) in [6, 6.07) is 47.9. The lowest BCUT2D eigenvalue weighted by atomic mass is 9.94. The Bertz CT molecular complexity index is 2930. The van der Waals surface area contributed by atoms with E-state index in [0.717, 1.165) is 0 Å². The fraction of sp³-hybridized carbons (Fsp3) is 0.267. The molecule has 0 N–H and O–H groups in total. The van der Waals surface area contributed by atoms with Crippen molar-refractivity contribution in [1.82, 2.24) is 0 Å². The van der Waals surface area contributed by atoms with Gasteiger partial charge in [0.15, 0.2) is 0 Å². The predicted molar refractivity (Wildman–Crippen MR) is 300 cm³/mol. The quantitative estimate of drug-likeness (QED) is 0.120. The topological polar surface area (TPSA) is 13.0 Å². The molecule has 0 amide bonds. The van der Waals surface area contributed by atoms with Crippen molar-refractivity contribution in [2.75, 3.05) is 76.0 Å². The van der Waals surface area contributed by atoms with Gasteiger partial charge in [-0.25, -0.2) is 0 Å². The lowest BCUT2D eigenvalue weighted by Gasteiger charge is -2.33. The zero-order valence-electron chi connectivity index (χ0n) is 42.2. The zero-order valence-corrected chi connectivity index (χ0v) is 44.0. The van der Waals surface area contributed by atoms with E-state index >= 15 is 0 Å². The van der Waals surface area contributed by atoms with Crippen LogP contribution in [0.1, 0.15) is 44.5 Å². The number of anilines is 4. The fourth-order valence-corrected chi connectivity index (χ4v) is 17.5. The number of fused-ring (bicyclic) bond motifs is 2. The third kappa shape index (κ3) is 8.49. The largest absolute Gasteiger partial charge is 0.377 e. The van der Waals surface area contributed by atoms with Crippen LogP contribution in [0.3, 0.4) is 0 Å². The van der Waals surface area contributed by atoms with Crippen LogP contribution in [0.5, 0.6) is 0 Å². The minimum atomic E-state index is -1.18. The van der Waals surface area contributed by atoms with E-state index in [1.54, 1.807) is 0 Å². The van der Waals surface area contributed by atoms with Crippen molar-refractivity contribution in [3.8, 4) is 11.1 Å². The molecule has 0 saturated heterocycles. The fourth-order valence-electron chi connectivity index (χ4n) is 11.3. The summed E-state index contributed by atoms with van der Waals surface area (Å²) in [7, 11) is 15.1. The normalized spacial score (nSPS) is 11.6. The van der Waals surface area contributed by atoms with Gasteiger partial charge in [-0.2, -0.15) is 0 Å². The van der Waals surface area contributed by atoms with Crippen LogP contribution >= 0.6 is 15.8 Å². The number of hydrogen-bond acceptors (Lipinski definition) is 4. The monoisotopic (exact) mass is 906 g/mol. The van der Waals surface area contributed by atoms with Crippen molar-refractivity contribution >= 4 is 92.0 Å². The summed E-state index contributed by atoms with van der Waals surface area (Å²) in [6.07, 6.45) is 0. The molecule has 0 aliphatic carbocycles. The maximum absolute atomic E-state index is 2.61. The van der Waals surface area contributed by atoms with Crippen molar-refractivity contribution in [3.05, 3.63) is 166 Å². The van der Waals surface area contributed by atoms with Gasteiger partial charge in [-0.05, 0) is 230 Å². The molecule has 0 aliphatic rings. The summed E-state index contributed by atoms with van der Waals surface area (Å²) in [5.41, 5.74) is 18.2. The number of hydrogen-bond donors (Lipinski definition) is 0. The predicted octanol–water partition coefficient (Wildman–Crippen LogP) is 11.9. The Morgan fingerprint density at radius 2 is 0.636 bits per heavy atom. The van der Waals surface area contributed by atoms with Crippen LogP contribution in [0.4, 0.5) is 22.7 Å². The second-order valence-electron chi connectivity index (χ2n) is 19.3. The Morgan fingerprint density at radius 1 is 0.318 bits per heavy atom. The van der Waals surface area contributed by atoms with Gasteiger partial charge in [-0.15, -0.1) is 0 Å². The Kier molecular flexibility index (Phi) is 13.2. The van der Waals surface area contributed by atoms with Gasteiger partial charge in [0.2, 0.25) is 0 Å². The van der Waals surface area contributed by atoms with Crippen molar-refractivity contribution in [2.24, 2.45) is 0 Å². The van der Waals surface area contributed by atoms with Crippen molar-refractivity contribution in [3.63, 3.8) is 0 Å². The Morgan fingerprint density at radius 3 is 1.02 bits per heavy atom. The molecule has 0 atom stereocenters. The van der Waals surface area contributed by atoms with Crippen molar-refractivity contribution in [2.45, 2.75) is 55.4 Å². The minimum absolute atomic E-state index is 1.13. The van der Waals surface area contributed by atoms with Gasteiger partial charge in [0.1, 0.15) is 0 Å². The number of nitrogens with zero attached hydrogens (tertiary/aromatic N) is 4. The Labute approximate surface area is 398 Å². The highest BCUT2D eigenvalue weighted by Crippen LogP contribution is 2.48. The first-order valence-electron chi connectivity index (χ1n) is 23.2. The minimum Gasteiger partial charge on any atom is -0.377 e. The van der Waals surface area contributed by atoms with Crippen LogP contribution in [0.25, 0.3) is 32.7 Å². The average Bonchev–Trinajstić information content (AvgIpc) is 3.22. The molecule has 8 rings (SSSR count). The highest BCUT2D eigenvalue weighted by atomic mass is 31.1. The Hall–Kier alpha value is -5.66.